The minimum atomic E-state index is -0.264. The number of hydrogen-bond acceptors (Lipinski definition) is 3. The van der Waals surface area contributed by atoms with E-state index in [9.17, 15) is 4.79 Å². The fraction of sp³-hybridized carbons (Fsp3) is 0.0667. The summed E-state index contributed by atoms with van der Waals surface area (Å²) < 4.78 is 0.823. The first kappa shape index (κ1) is 12.9. The Balaban J connectivity index is 2.04. The smallest absolute Gasteiger partial charge is 0.234 e. The van der Waals surface area contributed by atoms with E-state index in [1.807, 2.05) is 42.5 Å². The van der Waals surface area contributed by atoms with E-state index in [1.165, 1.54) is 0 Å². The van der Waals surface area contributed by atoms with Gasteiger partial charge in [-0.3, -0.25) is 4.79 Å². The van der Waals surface area contributed by atoms with Crippen LogP contribution < -0.4 is 4.90 Å². The van der Waals surface area contributed by atoms with E-state index < -0.39 is 0 Å². The summed E-state index contributed by atoms with van der Waals surface area (Å²) in [6.45, 7) is 0.487. The van der Waals surface area contributed by atoms with Crippen molar-refractivity contribution in [2.45, 2.75) is 6.54 Å². The number of oxime groups is 1. The minimum Gasteiger partial charge on any atom is -0.409 e. The van der Waals surface area contributed by atoms with Gasteiger partial charge in [-0.1, -0.05) is 51.4 Å². The molecule has 1 aliphatic rings. The number of amidine groups is 1. The average molecular weight is 331 g/mol. The van der Waals surface area contributed by atoms with Crippen LogP contribution in [0.4, 0.5) is 5.69 Å². The van der Waals surface area contributed by atoms with Crippen molar-refractivity contribution in [3.05, 3.63) is 64.1 Å². The lowest BCUT2D eigenvalue weighted by molar-refractivity contribution is 0.106. The molecule has 0 fully saturated rings. The summed E-state index contributed by atoms with van der Waals surface area (Å²) in [5.41, 5.74) is 2.34. The molecule has 5 heteroatoms. The van der Waals surface area contributed by atoms with E-state index in [2.05, 4.69) is 21.1 Å². The van der Waals surface area contributed by atoms with Crippen molar-refractivity contribution < 1.29 is 10.0 Å². The molecule has 2 aromatic carbocycles. The van der Waals surface area contributed by atoms with E-state index in [0.29, 0.717) is 12.1 Å². The van der Waals surface area contributed by atoms with Gasteiger partial charge in [0.05, 0.1) is 11.3 Å². The van der Waals surface area contributed by atoms with Crippen LogP contribution in [-0.4, -0.2) is 16.8 Å². The van der Waals surface area contributed by atoms with Gasteiger partial charge in [0.2, 0.25) is 11.6 Å². The van der Waals surface area contributed by atoms with Crippen molar-refractivity contribution in [1.29, 1.82) is 0 Å². The molecular weight excluding hydrogens is 320 g/mol. The molecule has 0 bridgehead atoms. The Morgan fingerprint density at radius 1 is 1.15 bits per heavy atom. The van der Waals surface area contributed by atoms with Gasteiger partial charge < -0.3 is 10.1 Å². The number of halogens is 1. The molecule has 0 aliphatic carbocycles. The molecule has 1 N–H and O–H groups in total. The van der Waals surface area contributed by atoms with E-state index in [0.717, 1.165) is 15.7 Å². The summed E-state index contributed by atoms with van der Waals surface area (Å²) in [7, 11) is 0. The Kier molecular flexibility index (Phi) is 3.28. The third-order valence-electron chi connectivity index (χ3n) is 3.23. The van der Waals surface area contributed by atoms with Crippen LogP contribution >= 0.6 is 15.9 Å². The third-order valence-corrected chi connectivity index (χ3v) is 3.72. The number of benzene rings is 2. The third kappa shape index (κ3) is 2.10. The molecule has 0 amide bonds. The maximum Gasteiger partial charge on any atom is 0.234 e. The Hall–Kier alpha value is -2.14. The van der Waals surface area contributed by atoms with Gasteiger partial charge in [-0.25, -0.2) is 0 Å². The Bertz CT molecular complexity index is 698. The number of hydrogen-bond donors (Lipinski definition) is 1. The molecular formula is C15H11BrN2O2. The molecule has 100 valence electrons. The number of fused-ring (bicyclic) bond motifs is 1. The Morgan fingerprint density at radius 3 is 2.60 bits per heavy atom. The Morgan fingerprint density at radius 2 is 1.90 bits per heavy atom. The highest BCUT2D eigenvalue weighted by Gasteiger charge is 2.34. The maximum absolute atomic E-state index is 12.2. The molecule has 0 aromatic heterocycles. The number of carbonyl (C=O) groups is 1. The number of Topliss-reactive ketones (excluding diaryl/α,β-unsaturated/α-hetero) is 1. The number of anilines is 1. The van der Waals surface area contributed by atoms with Gasteiger partial charge in [0.25, 0.3) is 0 Å². The predicted octanol–water partition coefficient (Wildman–Crippen LogP) is 3.44. The van der Waals surface area contributed by atoms with Crippen LogP contribution in [0.1, 0.15) is 15.9 Å². The molecule has 0 radical (unpaired) electrons. The van der Waals surface area contributed by atoms with Gasteiger partial charge in [-0.05, 0) is 23.8 Å². The molecule has 2 aromatic rings. The summed E-state index contributed by atoms with van der Waals surface area (Å²) >= 11 is 3.35. The molecule has 0 atom stereocenters. The van der Waals surface area contributed by atoms with Gasteiger partial charge >= 0.3 is 0 Å². The van der Waals surface area contributed by atoms with Crippen LogP contribution in [0.5, 0.6) is 0 Å². The lowest BCUT2D eigenvalue weighted by atomic mass is 10.1. The fourth-order valence-corrected chi connectivity index (χ4v) is 2.67. The van der Waals surface area contributed by atoms with Gasteiger partial charge in [0.1, 0.15) is 0 Å². The van der Waals surface area contributed by atoms with E-state index in [4.69, 9.17) is 5.21 Å². The van der Waals surface area contributed by atoms with Crippen LogP contribution in [0.3, 0.4) is 0 Å². The van der Waals surface area contributed by atoms with Crippen molar-refractivity contribution in [1.82, 2.24) is 0 Å². The molecule has 0 unspecified atom stereocenters. The first-order valence-corrected chi connectivity index (χ1v) is 6.88. The van der Waals surface area contributed by atoms with Gasteiger partial charge in [0.15, 0.2) is 0 Å². The second-order valence-electron chi connectivity index (χ2n) is 4.49. The van der Waals surface area contributed by atoms with Gasteiger partial charge in [-0.15, -0.1) is 0 Å². The molecule has 0 saturated carbocycles. The predicted molar refractivity (Wildman–Crippen MR) is 80.3 cm³/mol. The lowest BCUT2D eigenvalue weighted by Crippen LogP contribution is -2.29. The van der Waals surface area contributed by atoms with Crippen LogP contribution in [0.25, 0.3) is 0 Å². The number of carbonyl (C=O) groups excluding carboxylic acids is 1. The number of nitrogens with zero attached hydrogens (tertiary/aromatic N) is 2. The molecule has 20 heavy (non-hydrogen) atoms. The standard InChI is InChI=1S/C15H11BrN2O2/c16-11-6-7-13-12(8-11)14(19)15(17-20)18(13)9-10-4-2-1-3-5-10/h1-8,20H,9H2. The summed E-state index contributed by atoms with van der Waals surface area (Å²) in [6.07, 6.45) is 0. The van der Waals surface area contributed by atoms with Crippen molar-refractivity contribution >= 4 is 33.2 Å². The summed E-state index contributed by atoms with van der Waals surface area (Å²) in [6, 6.07) is 15.2. The maximum atomic E-state index is 12.2. The highest BCUT2D eigenvalue weighted by atomic mass is 79.9. The van der Waals surface area contributed by atoms with Crippen molar-refractivity contribution in [3.63, 3.8) is 0 Å². The van der Waals surface area contributed by atoms with Crippen molar-refractivity contribution in [2.75, 3.05) is 4.90 Å². The molecule has 0 saturated heterocycles. The zero-order chi connectivity index (χ0) is 14.1. The quantitative estimate of drug-likeness (QED) is 0.677. The fourth-order valence-electron chi connectivity index (χ4n) is 2.31. The second-order valence-corrected chi connectivity index (χ2v) is 5.40. The zero-order valence-electron chi connectivity index (χ0n) is 10.5. The van der Waals surface area contributed by atoms with Gasteiger partial charge in [-0.2, -0.15) is 0 Å². The van der Waals surface area contributed by atoms with E-state index >= 15 is 0 Å². The van der Waals surface area contributed by atoms with Crippen LogP contribution in [-0.2, 0) is 6.54 Å². The number of rotatable bonds is 2. The minimum absolute atomic E-state index is 0.0574. The molecule has 0 spiro atoms. The van der Waals surface area contributed by atoms with E-state index in [-0.39, 0.29) is 11.6 Å². The van der Waals surface area contributed by atoms with Crippen LogP contribution in [0.15, 0.2) is 58.2 Å². The largest absolute Gasteiger partial charge is 0.409 e. The monoisotopic (exact) mass is 330 g/mol. The molecule has 4 nitrogen and oxygen atoms in total. The molecule has 1 aliphatic heterocycles. The average Bonchev–Trinajstić information content (AvgIpc) is 2.72. The first-order valence-electron chi connectivity index (χ1n) is 6.08. The van der Waals surface area contributed by atoms with Crippen LogP contribution in [0, 0.1) is 0 Å². The van der Waals surface area contributed by atoms with E-state index in [1.54, 1.807) is 11.0 Å². The SMILES string of the molecule is O=C1C(=NO)N(Cc2ccccc2)c2ccc(Br)cc21. The number of ketones is 1. The highest BCUT2D eigenvalue weighted by Crippen LogP contribution is 2.33. The Labute approximate surface area is 124 Å². The normalized spacial score (nSPS) is 15.8. The molecule has 1 heterocycles. The summed E-state index contributed by atoms with van der Waals surface area (Å²) in [4.78, 5) is 13.9. The highest BCUT2D eigenvalue weighted by molar-refractivity contribution is 9.10. The second kappa shape index (κ2) is 5.09. The van der Waals surface area contributed by atoms with Gasteiger partial charge in [0, 0.05) is 11.0 Å². The molecule has 3 rings (SSSR count). The first-order chi connectivity index (χ1) is 9.70. The van der Waals surface area contributed by atoms with Crippen molar-refractivity contribution in [3.8, 4) is 0 Å². The lowest BCUT2D eigenvalue weighted by Gasteiger charge is -2.18. The summed E-state index contributed by atoms with van der Waals surface area (Å²) in [5, 5.41) is 12.3. The van der Waals surface area contributed by atoms with Crippen molar-refractivity contribution in [2.24, 2.45) is 5.16 Å². The topological polar surface area (TPSA) is 52.9 Å². The summed E-state index contributed by atoms with van der Waals surface area (Å²) in [5.74, 6) is -0.207. The van der Waals surface area contributed by atoms with Crippen LogP contribution in [0.2, 0.25) is 0 Å². The zero-order valence-corrected chi connectivity index (χ0v) is 12.0.